The Morgan fingerprint density at radius 2 is 1.66 bits per heavy atom. The maximum atomic E-state index is 13.8. The molecule has 0 aliphatic heterocycles. The standard InChI is InChI=1S/C21H15F2N3O2S/c22-16-5-3-6-17(23)15(16)9-11-21-25-18-10-8-13(12-19(18)26-21)14-4-1-2-7-20(14)29(24,27)28/h1-12H,(H,25,26)(H2,24,27,28)/b11-9+. The van der Waals surface area contributed by atoms with Crippen LogP contribution in [0.4, 0.5) is 8.78 Å². The number of aromatic amines is 1. The van der Waals surface area contributed by atoms with Gasteiger partial charge in [0.1, 0.15) is 17.5 Å². The third-order valence-electron chi connectivity index (χ3n) is 4.41. The Bertz CT molecular complexity index is 1340. The minimum Gasteiger partial charge on any atom is -0.338 e. The van der Waals surface area contributed by atoms with Crippen molar-refractivity contribution in [2.45, 2.75) is 4.90 Å². The van der Waals surface area contributed by atoms with E-state index in [1.54, 1.807) is 36.4 Å². The second-order valence-corrected chi connectivity index (χ2v) is 7.89. The number of rotatable bonds is 4. The van der Waals surface area contributed by atoms with E-state index in [-0.39, 0.29) is 10.5 Å². The molecule has 3 aromatic carbocycles. The molecule has 0 atom stereocenters. The van der Waals surface area contributed by atoms with Crippen LogP contribution in [0.5, 0.6) is 0 Å². The molecule has 1 heterocycles. The van der Waals surface area contributed by atoms with Crippen molar-refractivity contribution in [1.82, 2.24) is 9.97 Å². The molecule has 0 aliphatic carbocycles. The summed E-state index contributed by atoms with van der Waals surface area (Å²) in [6.07, 6.45) is 2.78. The first-order valence-electron chi connectivity index (χ1n) is 8.57. The molecule has 29 heavy (non-hydrogen) atoms. The number of hydrogen-bond donors (Lipinski definition) is 2. The first-order valence-corrected chi connectivity index (χ1v) is 10.1. The van der Waals surface area contributed by atoms with Gasteiger partial charge in [-0.25, -0.2) is 27.3 Å². The van der Waals surface area contributed by atoms with Crippen LogP contribution in [0.15, 0.2) is 65.6 Å². The molecule has 0 saturated carbocycles. The lowest BCUT2D eigenvalue weighted by molar-refractivity contribution is 0.579. The van der Waals surface area contributed by atoms with Gasteiger partial charge >= 0.3 is 0 Å². The van der Waals surface area contributed by atoms with E-state index in [2.05, 4.69) is 9.97 Å². The molecule has 0 unspecified atom stereocenters. The number of nitrogens with two attached hydrogens (primary N) is 1. The lowest BCUT2D eigenvalue weighted by Gasteiger charge is -2.07. The maximum absolute atomic E-state index is 13.8. The molecule has 0 spiro atoms. The molecule has 8 heteroatoms. The van der Waals surface area contributed by atoms with Crippen LogP contribution in [-0.2, 0) is 10.0 Å². The number of nitrogens with zero attached hydrogens (tertiary/aromatic N) is 1. The Labute approximate surface area is 165 Å². The summed E-state index contributed by atoms with van der Waals surface area (Å²) in [7, 11) is -3.89. The summed E-state index contributed by atoms with van der Waals surface area (Å²) < 4.78 is 51.2. The van der Waals surface area contributed by atoms with Crippen LogP contribution in [0.2, 0.25) is 0 Å². The average molecular weight is 411 g/mol. The Balaban J connectivity index is 1.74. The number of halogens is 2. The summed E-state index contributed by atoms with van der Waals surface area (Å²) in [6, 6.07) is 15.3. The Morgan fingerprint density at radius 3 is 2.38 bits per heavy atom. The summed E-state index contributed by atoms with van der Waals surface area (Å²) in [5, 5.41) is 5.31. The van der Waals surface area contributed by atoms with Crippen LogP contribution in [0, 0.1) is 11.6 Å². The van der Waals surface area contributed by atoms with Gasteiger partial charge in [-0.3, -0.25) is 0 Å². The monoisotopic (exact) mass is 411 g/mol. The van der Waals surface area contributed by atoms with Gasteiger partial charge in [0.25, 0.3) is 0 Å². The van der Waals surface area contributed by atoms with E-state index in [1.807, 2.05) is 0 Å². The second kappa shape index (κ2) is 7.23. The van der Waals surface area contributed by atoms with Crippen molar-refractivity contribution in [2.75, 3.05) is 0 Å². The third kappa shape index (κ3) is 3.80. The second-order valence-electron chi connectivity index (χ2n) is 6.36. The number of hydrogen-bond acceptors (Lipinski definition) is 3. The molecule has 4 aromatic rings. The first kappa shape index (κ1) is 19.0. The molecule has 4 rings (SSSR count). The summed E-state index contributed by atoms with van der Waals surface area (Å²) >= 11 is 0. The zero-order chi connectivity index (χ0) is 20.6. The van der Waals surface area contributed by atoms with Crippen molar-refractivity contribution >= 4 is 33.2 Å². The summed E-state index contributed by atoms with van der Waals surface area (Å²) in [4.78, 5) is 7.46. The minimum atomic E-state index is -3.89. The quantitative estimate of drug-likeness (QED) is 0.524. The lowest BCUT2D eigenvalue weighted by Crippen LogP contribution is -2.13. The summed E-state index contributed by atoms with van der Waals surface area (Å²) in [5.41, 5.74) is 2.20. The highest BCUT2D eigenvalue weighted by atomic mass is 32.2. The van der Waals surface area contributed by atoms with Gasteiger partial charge < -0.3 is 4.98 Å². The molecule has 0 amide bonds. The van der Waals surface area contributed by atoms with Crippen molar-refractivity contribution in [3.8, 4) is 11.1 Å². The van der Waals surface area contributed by atoms with E-state index >= 15 is 0 Å². The molecule has 0 bridgehead atoms. The van der Waals surface area contributed by atoms with E-state index in [9.17, 15) is 17.2 Å². The van der Waals surface area contributed by atoms with Gasteiger partial charge in [-0.1, -0.05) is 30.3 Å². The zero-order valence-corrected chi connectivity index (χ0v) is 15.7. The number of aromatic nitrogens is 2. The smallest absolute Gasteiger partial charge is 0.238 e. The predicted molar refractivity (Wildman–Crippen MR) is 108 cm³/mol. The van der Waals surface area contributed by atoms with Crippen molar-refractivity contribution < 1.29 is 17.2 Å². The van der Waals surface area contributed by atoms with Crippen LogP contribution >= 0.6 is 0 Å². The van der Waals surface area contributed by atoms with Crippen molar-refractivity contribution in [1.29, 1.82) is 0 Å². The van der Waals surface area contributed by atoms with Gasteiger partial charge in [0.2, 0.25) is 10.0 Å². The number of fused-ring (bicyclic) bond motifs is 1. The fourth-order valence-corrected chi connectivity index (χ4v) is 3.82. The van der Waals surface area contributed by atoms with Gasteiger partial charge in [0.15, 0.2) is 0 Å². The number of sulfonamides is 1. The normalized spacial score (nSPS) is 12.1. The van der Waals surface area contributed by atoms with Crippen LogP contribution in [0.3, 0.4) is 0 Å². The maximum Gasteiger partial charge on any atom is 0.238 e. The molecule has 5 nitrogen and oxygen atoms in total. The Kier molecular flexibility index (Phi) is 4.73. The lowest BCUT2D eigenvalue weighted by atomic mass is 10.1. The van der Waals surface area contributed by atoms with Crippen LogP contribution in [0.25, 0.3) is 34.3 Å². The fourth-order valence-electron chi connectivity index (χ4n) is 3.06. The van der Waals surface area contributed by atoms with Gasteiger partial charge in [-0.05, 0) is 48.0 Å². The number of H-pyrrole nitrogens is 1. The molecule has 0 saturated heterocycles. The number of benzene rings is 3. The van der Waals surface area contributed by atoms with Gasteiger partial charge in [-0.2, -0.15) is 0 Å². The predicted octanol–water partition coefficient (Wildman–Crippen LogP) is 4.33. The SMILES string of the molecule is NS(=O)(=O)c1ccccc1-c1ccc2[nH]c(/C=C/c3c(F)cccc3F)nc2c1. The molecule has 0 radical (unpaired) electrons. The van der Waals surface area contributed by atoms with E-state index < -0.39 is 21.7 Å². The molecule has 146 valence electrons. The number of primary sulfonamides is 1. The molecule has 0 fully saturated rings. The number of imidazole rings is 1. The van der Waals surface area contributed by atoms with E-state index in [0.29, 0.717) is 28.0 Å². The Morgan fingerprint density at radius 1 is 0.931 bits per heavy atom. The van der Waals surface area contributed by atoms with E-state index in [1.165, 1.54) is 36.4 Å². The summed E-state index contributed by atoms with van der Waals surface area (Å²) in [6.45, 7) is 0. The summed E-state index contributed by atoms with van der Waals surface area (Å²) in [5.74, 6) is -0.932. The van der Waals surface area contributed by atoms with Gasteiger partial charge in [0, 0.05) is 11.1 Å². The molecule has 3 N–H and O–H groups in total. The zero-order valence-electron chi connectivity index (χ0n) is 14.9. The molecule has 0 aliphatic rings. The minimum absolute atomic E-state index is 0.0185. The van der Waals surface area contributed by atoms with Crippen molar-refractivity contribution in [2.24, 2.45) is 5.14 Å². The average Bonchev–Trinajstić information content (AvgIpc) is 3.09. The van der Waals surface area contributed by atoms with E-state index in [0.717, 1.165) is 0 Å². The van der Waals surface area contributed by atoms with Gasteiger partial charge in [-0.15, -0.1) is 0 Å². The third-order valence-corrected chi connectivity index (χ3v) is 5.38. The highest BCUT2D eigenvalue weighted by Crippen LogP contribution is 2.29. The van der Waals surface area contributed by atoms with Crippen LogP contribution in [-0.4, -0.2) is 18.4 Å². The Hall–Kier alpha value is -3.36. The largest absolute Gasteiger partial charge is 0.338 e. The van der Waals surface area contributed by atoms with Crippen molar-refractivity contribution in [3.63, 3.8) is 0 Å². The van der Waals surface area contributed by atoms with Gasteiger partial charge in [0.05, 0.1) is 15.9 Å². The van der Waals surface area contributed by atoms with Crippen LogP contribution in [0.1, 0.15) is 11.4 Å². The highest BCUT2D eigenvalue weighted by Gasteiger charge is 2.15. The topological polar surface area (TPSA) is 88.8 Å². The number of nitrogens with one attached hydrogen (secondary N) is 1. The molecular weight excluding hydrogens is 396 g/mol. The van der Waals surface area contributed by atoms with E-state index in [4.69, 9.17) is 5.14 Å². The highest BCUT2D eigenvalue weighted by molar-refractivity contribution is 7.89. The van der Waals surface area contributed by atoms with Crippen LogP contribution < -0.4 is 5.14 Å². The first-order chi connectivity index (χ1) is 13.8. The molecule has 1 aromatic heterocycles. The molecular formula is C21H15F2N3O2S. The van der Waals surface area contributed by atoms with Crippen molar-refractivity contribution in [3.05, 3.63) is 83.7 Å². The fraction of sp³-hybridized carbons (Fsp3) is 0.